The first-order valence-electron chi connectivity index (χ1n) is 7.89. The van der Waals surface area contributed by atoms with E-state index in [9.17, 15) is 18.0 Å². The van der Waals surface area contributed by atoms with Crippen molar-refractivity contribution in [3.05, 3.63) is 64.7 Å². The molecule has 0 spiro atoms. The summed E-state index contributed by atoms with van der Waals surface area (Å²) in [5, 5.41) is 2.70. The van der Waals surface area contributed by atoms with Crippen LogP contribution in [0.4, 0.5) is 13.2 Å². The Hall–Kier alpha value is -2.50. The van der Waals surface area contributed by atoms with Gasteiger partial charge in [0.2, 0.25) is 0 Å². The second-order valence-electron chi connectivity index (χ2n) is 5.80. The van der Waals surface area contributed by atoms with Crippen LogP contribution in [0.25, 0.3) is 0 Å². The van der Waals surface area contributed by atoms with E-state index in [0.29, 0.717) is 18.7 Å². The van der Waals surface area contributed by atoms with Gasteiger partial charge < -0.3 is 10.1 Å². The first-order chi connectivity index (χ1) is 11.8. The van der Waals surface area contributed by atoms with Crippen molar-refractivity contribution in [1.29, 1.82) is 0 Å². The second kappa shape index (κ2) is 8.05. The Bertz CT molecular complexity index is 704. The van der Waals surface area contributed by atoms with E-state index >= 15 is 0 Å². The molecule has 0 aliphatic rings. The zero-order chi connectivity index (χ0) is 18.4. The number of ether oxygens (including phenoxy) is 1. The number of carbonyl (C=O) groups excluding carboxylic acids is 1. The summed E-state index contributed by atoms with van der Waals surface area (Å²) in [6, 6.07) is 10.7. The summed E-state index contributed by atoms with van der Waals surface area (Å²) in [5.74, 6) is 0.426. The van der Waals surface area contributed by atoms with Crippen molar-refractivity contribution in [2.45, 2.75) is 26.4 Å². The lowest BCUT2D eigenvalue weighted by Crippen LogP contribution is -2.30. The van der Waals surface area contributed by atoms with Crippen LogP contribution in [0.5, 0.6) is 5.75 Å². The van der Waals surface area contributed by atoms with Crippen molar-refractivity contribution >= 4 is 5.91 Å². The molecule has 2 aromatic rings. The van der Waals surface area contributed by atoms with Gasteiger partial charge in [-0.05, 0) is 49.1 Å². The number of halogens is 3. The molecule has 0 saturated carbocycles. The quantitative estimate of drug-likeness (QED) is 0.852. The molecule has 25 heavy (non-hydrogen) atoms. The van der Waals surface area contributed by atoms with Crippen LogP contribution in [0.15, 0.2) is 42.5 Å². The fourth-order valence-electron chi connectivity index (χ4n) is 2.42. The third-order valence-corrected chi connectivity index (χ3v) is 3.77. The van der Waals surface area contributed by atoms with E-state index in [4.69, 9.17) is 4.74 Å². The van der Waals surface area contributed by atoms with E-state index in [2.05, 4.69) is 5.32 Å². The lowest BCUT2D eigenvalue weighted by atomic mass is 10.1. The van der Waals surface area contributed by atoms with Gasteiger partial charge in [0.15, 0.2) is 6.61 Å². The number of para-hydroxylation sites is 1. The third-order valence-electron chi connectivity index (χ3n) is 3.77. The van der Waals surface area contributed by atoms with Gasteiger partial charge in [-0.1, -0.05) is 30.3 Å². The number of rotatable bonds is 6. The maximum atomic E-state index is 12.5. The van der Waals surface area contributed by atoms with Crippen molar-refractivity contribution < 1.29 is 22.7 Å². The first-order valence-corrected chi connectivity index (χ1v) is 7.89. The maximum absolute atomic E-state index is 12.5. The number of amides is 1. The van der Waals surface area contributed by atoms with Gasteiger partial charge in [0.1, 0.15) is 5.75 Å². The van der Waals surface area contributed by atoms with Gasteiger partial charge in [-0.15, -0.1) is 0 Å². The third kappa shape index (κ3) is 5.52. The molecule has 0 aromatic heterocycles. The minimum absolute atomic E-state index is 0.0985. The summed E-state index contributed by atoms with van der Waals surface area (Å²) in [6.07, 6.45) is -3.88. The number of aryl methyl sites for hydroxylation is 2. The van der Waals surface area contributed by atoms with Gasteiger partial charge in [-0.25, -0.2) is 0 Å². The lowest BCUT2D eigenvalue weighted by Gasteiger charge is -2.12. The molecule has 0 aliphatic heterocycles. The van der Waals surface area contributed by atoms with Crippen molar-refractivity contribution in [3.63, 3.8) is 0 Å². The second-order valence-corrected chi connectivity index (χ2v) is 5.80. The van der Waals surface area contributed by atoms with E-state index in [-0.39, 0.29) is 12.5 Å². The predicted molar refractivity (Wildman–Crippen MR) is 89.6 cm³/mol. The van der Waals surface area contributed by atoms with Gasteiger partial charge in [-0.2, -0.15) is 13.2 Å². The molecule has 2 rings (SSSR count). The van der Waals surface area contributed by atoms with Gasteiger partial charge in [-0.3, -0.25) is 4.79 Å². The molecule has 0 heterocycles. The fourth-order valence-corrected chi connectivity index (χ4v) is 2.42. The number of nitrogens with one attached hydrogen (secondary N) is 1. The molecule has 0 atom stereocenters. The van der Waals surface area contributed by atoms with Gasteiger partial charge in [0.25, 0.3) is 5.91 Å². The highest BCUT2D eigenvalue weighted by Gasteiger charge is 2.29. The Kier molecular flexibility index (Phi) is 6.07. The Morgan fingerprint density at radius 2 is 1.64 bits per heavy atom. The highest BCUT2D eigenvalue weighted by molar-refractivity contribution is 5.77. The number of hydrogen-bond donors (Lipinski definition) is 1. The largest absolute Gasteiger partial charge is 0.483 e. The molecule has 0 aliphatic carbocycles. The minimum atomic E-state index is -4.34. The molecule has 3 nitrogen and oxygen atoms in total. The monoisotopic (exact) mass is 351 g/mol. The zero-order valence-corrected chi connectivity index (χ0v) is 14.1. The molecule has 2 aromatic carbocycles. The van der Waals surface area contributed by atoms with Crippen LogP contribution in [-0.2, 0) is 17.4 Å². The van der Waals surface area contributed by atoms with E-state index in [0.717, 1.165) is 28.8 Å². The number of alkyl halides is 3. The predicted octanol–water partition coefficient (Wildman–Crippen LogP) is 4.06. The highest BCUT2D eigenvalue weighted by atomic mass is 19.4. The molecule has 0 saturated heterocycles. The lowest BCUT2D eigenvalue weighted by molar-refractivity contribution is -0.137. The normalized spacial score (nSPS) is 11.2. The van der Waals surface area contributed by atoms with Crippen LogP contribution < -0.4 is 10.1 Å². The average Bonchev–Trinajstić information content (AvgIpc) is 2.54. The topological polar surface area (TPSA) is 38.3 Å². The molecule has 0 unspecified atom stereocenters. The Labute approximate surface area is 144 Å². The van der Waals surface area contributed by atoms with Crippen molar-refractivity contribution in [1.82, 2.24) is 5.32 Å². The molecule has 0 fully saturated rings. The molecular weight excluding hydrogens is 331 g/mol. The van der Waals surface area contributed by atoms with Crippen LogP contribution in [0.1, 0.15) is 22.3 Å². The van der Waals surface area contributed by atoms with E-state index in [1.807, 2.05) is 32.0 Å². The fraction of sp³-hybridized carbons (Fsp3) is 0.316. The molecule has 0 radical (unpaired) electrons. The zero-order valence-electron chi connectivity index (χ0n) is 14.1. The van der Waals surface area contributed by atoms with Gasteiger partial charge >= 0.3 is 6.18 Å². The smallest absolute Gasteiger partial charge is 0.416 e. The Morgan fingerprint density at radius 1 is 1.04 bits per heavy atom. The highest BCUT2D eigenvalue weighted by Crippen LogP contribution is 2.29. The molecule has 1 amide bonds. The van der Waals surface area contributed by atoms with Crippen molar-refractivity contribution in [2.24, 2.45) is 0 Å². The molecule has 134 valence electrons. The van der Waals surface area contributed by atoms with Crippen LogP contribution in [0.2, 0.25) is 0 Å². The SMILES string of the molecule is Cc1cccc(C)c1OCC(=O)NCCc1ccc(C(F)(F)F)cc1. The van der Waals surface area contributed by atoms with Gasteiger partial charge in [0.05, 0.1) is 5.56 Å². The summed E-state index contributed by atoms with van der Waals surface area (Å²) in [7, 11) is 0. The van der Waals surface area contributed by atoms with E-state index in [1.54, 1.807) is 0 Å². The van der Waals surface area contributed by atoms with Crippen LogP contribution in [0, 0.1) is 13.8 Å². The van der Waals surface area contributed by atoms with Crippen molar-refractivity contribution in [2.75, 3.05) is 13.2 Å². The Balaban J connectivity index is 1.77. The summed E-state index contributed by atoms with van der Waals surface area (Å²) >= 11 is 0. The van der Waals surface area contributed by atoms with E-state index < -0.39 is 11.7 Å². The Morgan fingerprint density at radius 3 is 2.20 bits per heavy atom. The standard InChI is InChI=1S/C19H20F3NO2/c1-13-4-3-5-14(2)18(13)25-12-17(24)23-11-10-15-6-8-16(9-7-15)19(20,21)22/h3-9H,10-12H2,1-2H3,(H,23,24). The molecule has 1 N–H and O–H groups in total. The molecule has 6 heteroatoms. The summed E-state index contributed by atoms with van der Waals surface area (Å²) < 4.78 is 43.0. The summed E-state index contributed by atoms with van der Waals surface area (Å²) in [6.45, 7) is 4.05. The average molecular weight is 351 g/mol. The summed E-state index contributed by atoms with van der Waals surface area (Å²) in [5.41, 5.74) is 1.96. The molecular formula is C19H20F3NO2. The molecule has 0 bridgehead atoms. The van der Waals surface area contributed by atoms with Crippen LogP contribution >= 0.6 is 0 Å². The number of carbonyl (C=O) groups is 1. The maximum Gasteiger partial charge on any atom is 0.416 e. The van der Waals surface area contributed by atoms with Gasteiger partial charge in [0, 0.05) is 6.54 Å². The van der Waals surface area contributed by atoms with E-state index in [1.165, 1.54) is 12.1 Å². The first kappa shape index (κ1) is 18.8. The number of hydrogen-bond acceptors (Lipinski definition) is 2. The van der Waals surface area contributed by atoms with Crippen molar-refractivity contribution in [3.8, 4) is 5.75 Å². The number of benzene rings is 2. The summed E-state index contributed by atoms with van der Waals surface area (Å²) in [4.78, 5) is 11.8. The van der Waals surface area contributed by atoms with Crippen LogP contribution in [0.3, 0.4) is 0 Å². The minimum Gasteiger partial charge on any atom is -0.483 e. The van der Waals surface area contributed by atoms with Crippen LogP contribution in [-0.4, -0.2) is 19.1 Å².